The smallest absolute Gasteiger partial charge is 0.274 e. The van der Waals surface area contributed by atoms with Gasteiger partial charge in [-0.25, -0.2) is 5.48 Å². The molecule has 2 aromatic rings. The first-order valence-corrected chi connectivity index (χ1v) is 7.37. The summed E-state index contributed by atoms with van der Waals surface area (Å²) in [5.74, 6) is -0.0198. The molecular weight excluding hydrogens is 286 g/mol. The molecule has 0 saturated carbocycles. The molecule has 1 atom stereocenters. The molecule has 3 rings (SSSR count). The van der Waals surface area contributed by atoms with Crippen LogP contribution >= 0.6 is 11.6 Å². The van der Waals surface area contributed by atoms with Crippen LogP contribution < -0.4 is 5.48 Å². The molecule has 21 heavy (non-hydrogen) atoms. The van der Waals surface area contributed by atoms with E-state index < -0.39 is 5.91 Å². The Kier molecular flexibility index (Phi) is 3.95. The Balaban J connectivity index is 1.86. The van der Waals surface area contributed by atoms with Crippen LogP contribution in [0.5, 0.6) is 0 Å². The second-order valence-corrected chi connectivity index (χ2v) is 5.85. The third-order valence-electron chi connectivity index (χ3n) is 4.14. The minimum atomic E-state index is -0.466. The van der Waals surface area contributed by atoms with Crippen LogP contribution in [0.2, 0.25) is 5.02 Å². The predicted octanol–water partition coefficient (Wildman–Crippen LogP) is 3.73. The van der Waals surface area contributed by atoms with Crippen molar-refractivity contribution in [1.29, 1.82) is 0 Å². The van der Waals surface area contributed by atoms with E-state index in [0.29, 0.717) is 11.5 Å². The molecule has 0 saturated heterocycles. The average molecular weight is 302 g/mol. The average Bonchev–Trinajstić information content (AvgIpc) is 2.53. The molecule has 0 bridgehead atoms. The van der Waals surface area contributed by atoms with E-state index in [-0.39, 0.29) is 0 Å². The van der Waals surface area contributed by atoms with Crippen molar-refractivity contribution in [2.24, 2.45) is 0 Å². The number of benzene rings is 2. The molecular formula is C17H16ClNO2. The molecule has 0 heterocycles. The lowest BCUT2D eigenvalue weighted by atomic mass is 9.79. The SMILES string of the molecule is O=C(NO)c1ccc2c(c1)CC(c1ccc(Cl)cc1)CC2. The Hall–Kier alpha value is -1.84. The van der Waals surface area contributed by atoms with Crippen LogP contribution in [0, 0.1) is 0 Å². The fourth-order valence-electron chi connectivity index (χ4n) is 2.98. The fraction of sp³-hybridized carbons (Fsp3) is 0.235. The maximum Gasteiger partial charge on any atom is 0.274 e. The molecule has 1 unspecified atom stereocenters. The molecule has 0 radical (unpaired) electrons. The number of aryl methyl sites for hydroxylation is 1. The summed E-state index contributed by atoms with van der Waals surface area (Å²) >= 11 is 5.94. The molecule has 1 aliphatic carbocycles. The highest BCUT2D eigenvalue weighted by atomic mass is 35.5. The van der Waals surface area contributed by atoms with Gasteiger partial charge in [0.2, 0.25) is 0 Å². The highest BCUT2D eigenvalue weighted by molar-refractivity contribution is 6.30. The first-order valence-electron chi connectivity index (χ1n) is 6.99. The van der Waals surface area contributed by atoms with Crippen molar-refractivity contribution in [3.05, 3.63) is 69.7 Å². The molecule has 4 heteroatoms. The number of rotatable bonds is 2. The number of amides is 1. The predicted molar refractivity (Wildman–Crippen MR) is 81.9 cm³/mol. The van der Waals surface area contributed by atoms with Gasteiger partial charge in [0, 0.05) is 10.6 Å². The van der Waals surface area contributed by atoms with Crippen molar-refractivity contribution in [1.82, 2.24) is 5.48 Å². The fourth-order valence-corrected chi connectivity index (χ4v) is 3.11. The lowest BCUT2D eigenvalue weighted by Gasteiger charge is -2.25. The van der Waals surface area contributed by atoms with Gasteiger partial charge in [0.25, 0.3) is 5.91 Å². The van der Waals surface area contributed by atoms with Gasteiger partial charge in [0.1, 0.15) is 0 Å². The van der Waals surface area contributed by atoms with Gasteiger partial charge in [-0.05, 0) is 66.1 Å². The summed E-state index contributed by atoms with van der Waals surface area (Å²) in [6.07, 6.45) is 3.01. The highest BCUT2D eigenvalue weighted by Crippen LogP contribution is 2.33. The van der Waals surface area contributed by atoms with Gasteiger partial charge in [-0.15, -0.1) is 0 Å². The third kappa shape index (κ3) is 2.94. The molecule has 0 fully saturated rings. The van der Waals surface area contributed by atoms with Crippen LogP contribution in [0.3, 0.4) is 0 Å². The quantitative estimate of drug-likeness (QED) is 0.656. The summed E-state index contributed by atoms with van der Waals surface area (Å²) in [6, 6.07) is 13.6. The molecule has 3 nitrogen and oxygen atoms in total. The Bertz CT molecular complexity index is 667. The Morgan fingerprint density at radius 1 is 1.14 bits per heavy atom. The largest absolute Gasteiger partial charge is 0.288 e. The van der Waals surface area contributed by atoms with Crippen molar-refractivity contribution >= 4 is 17.5 Å². The molecule has 2 N–H and O–H groups in total. The minimum absolute atomic E-state index is 0.446. The van der Waals surface area contributed by atoms with Crippen LogP contribution in [-0.2, 0) is 12.8 Å². The van der Waals surface area contributed by atoms with E-state index in [9.17, 15) is 4.79 Å². The van der Waals surface area contributed by atoms with Crippen LogP contribution in [0.1, 0.15) is 39.4 Å². The number of nitrogens with one attached hydrogen (secondary N) is 1. The number of carbonyl (C=O) groups is 1. The number of hydroxylamine groups is 1. The second-order valence-electron chi connectivity index (χ2n) is 5.42. The molecule has 0 spiro atoms. The number of fused-ring (bicyclic) bond motifs is 1. The van der Waals surface area contributed by atoms with E-state index in [1.807, 2.05) is 24.3 Å². The van der Waals surface area contributed by atoms with Crippen LogP contribution in [0.25, 0.3) is 0 Å². The summed E-state index contributed by atoms with van der Waals surface area (Å²) in [5, 5.41) is 9.48. The molecule has 0 aliphatic heterocycles. The molecule has 1 amide bonds. The number of halogens is 1. The summed E-state index contributed by atoms with van der Waals surface area (Å²) in [5.41, 5.74) is 5.93. The normalized spacial score (nSPS) is 17.1. The first-order chi connectivity index (χ1) is 10.2. The van der Waals surface area contributed by atoms with Gasteiger partial charge in [-0.1, -0.05) is 29.8 Å². The zero-order valence-electron chi connectivity index (χ0n) is 11.5. The van der Waals surface area contributed by atoms with Crippen molar-refractivity contribution in [3.8, 4) is 0 Å². The van der Waals surface area contributed by atoms with Crippen molar-refractivity contribution in [2.45, 2.75) is 25.2 Å². The Morgan fingerprint density at radius 3 is 2.62 bits per heavy atom. The monoisotopic (exact) mass is 301 g/mol. The molecule has 108 valence electrons. The molecule has 0 aromatic heterocycles. The standard InChI is InChI=1S/C17H16ClNO2/c18-16-7-5-11(6-8-16)13-3-1-12-2-4-14(17(20)19-21)10-15(12)9-13/h2,4-8,10,13,21H,1,3,9H2,(H,19,20). The number of carbonyl (C=O) groups excluding carboxylic acids is 1. The topological polar surface area (TPSA) is 49.3 Å². The lowest BCUT2D eigenvalue weighted by Crippen LogP contribution is -2.20. The van der Waals surface area contributed by atoms with Gasteiger partial charge in [-0.2, -0.15) is 0 Å². The minimum Gasteiger partial charge on any atom is -0.288 e. The van der Waals surface area contributed by atoms with E-state index >= 15 is 0 Å². The van der Waals surface area contributed by atoms with Crippen LogP contribution in [0.15, 0.2) is 42.5 Å². The third-order valence-corrected chi connectivity index (χ3v) is 4.39. The summed E-state index contributed by atoms with van der Waals surface area (Å²) in [7, 11) is 0. The van der Waals surface area contributed by atoms with E-state index in [4.69, 9.17) is 16.8 Å². The number of hydrogen-bond donors (Lipinski definition) is 2. The van der Waals surface area contributed by atoms with Gasteiger partial charge < -0.3 is 0 Å². The van der Waals surface area contributed by atoms with Gasteiger partial charge in [0.15, 0.2) is 0 Å². The zero-order chi connectivity index (χ0) is 14.8. The summed E-state index contributed by atoms with van der Waals surface area (Å²) in [6.45, 7) is 0. The second kappa shape index (κ2) is 5.88. The van der Waals surface area contributed by atoms with E-state index in [1.165, 1.54) is 16.7 Å². The van der Waals surface area contributed by atoms with E-state index in [1.54, 1.807) is 11.5 Å². The first kappa shape index (κ1) is 14.1. The maximum atomic E-state index is 11.5. The van der Waals surface area contributed by atoms with Crippen LogP contribution in [-0.4, -0.2) is 11.1 Å². The lowest BCUT2D eigenvalue weighted by molar-refractivity contribution is 0.0706. The van der Waals surface area contributed by atoms with Crippen molar-refractivity contribution < 1.29 is 10.0 Å². The Labute approximate surface area is 128 Å². The van der Waals surface area contributed by atoms with Crippen molar-refractivity contribution in [3.63, 3.8) is 0 Å². The zero-order valence-corrected chi connectivity index (χ0v) is 12.2. The highest BCUT2D eigenvalue weighted by Gasteiger charge is 2.21. The summed E-state index contributed by atoms with van der Waals surface area (Å²) < 4.78 is 0. The molecule has 1 aliphatic rings. The van der Waals surface area contributed by atoms with Gasteiger partial charge in [-0.3, -0.25) is 10.0 Å². The van der Waals surface area contributed by atoms with Gasteiger partial charge >= 0.3 is 0 Å². The number of hydrogen-bond acceptors (Lipinski definition) is 2. The molecule has 2 aromatic carbocycles. The van der Waals surface area contributed by atoms with E-state index in [0.717, 1.165) is 24.3 Å². The van der Waals surface area contributed by atoms with E-state index in [2.05, 4.69) is 12.1 Å². The van der Waals surface area contributed by atoms with Crippen LogP contribution in [0.4, 0.5) is 0 Å². The van der Waals surface area contributed by atoms with Crippen molar-refractivity contribution in [2.75, 3.05) is 0 Å². The summed E-state index contributed by atoms with van der Waals surface area (Å²) in [4.78, 5) is 11.5. The van der Waals surface area contributed by atoms with Gasteiger partial charge in [0.05, 0.1) is 0 Å². The Morgan fingerprint density at radius 2 is 1.90 bits per heavy atom. The maximum absolute atomic E-state index is 11.5.